The number of carboxylic acid groups (broad SMARTS) is 1. The first-order valence-corrected chi connectivity index (χ1v) is 12.1. The summed E-state index contributed by atoms with van der Waals surface area (Å²) < 4.78 is 5.85. The Hall–Kier alpha value is -2.51. The zero-order valence-corrected chi connectivity index (χ0v) is 18.6. The molecule has 0 amide bonds. The highest BCUT2D eigenvalue weighted by Gasteiger charge is 2.41. The van der Waals surface area contributed by atoms with Crippen LogP contribution in [0.25, 0.3) is 0 Å². The number of benzene rings is 2. The number of carboxylic acids is 1. The molecule has 4 heteroatoms. The van der Waals surface area contributed by atoms with Gasteiger partial charge in [0.2, 0.25) is 0 Å². The van der Waals surface area contributed by atoms with Gasteiger partial charge < -0.3 is 9.84 Å². The van der Waals surface area contributed by atoms with Gasteiger partial charge in [-0.1, -0.05) is 71.7 Å². The van der Waals surface area contributed by atoms with Gasteiger partial charge in [-0.05, 0) is 40.9 Å². The van der Waals surface area contributed by atoms with Crippen molar-refractivity contribution < 1.29 is 14.6 Å². The van der Waals surface area contributed by atoms with Crippen molar-refractivity contribution in [2.24, 2.45) is 0 Å². The molecule has 0 atom stereocenters. The van der Waals surface area contributed by atoms with E-state index in [1.807, 2.05) is 18.2 Å². The van der Waals surface area contributed by atoms with E-state index < -0.39 is 14.0 Å². The van der Waals surface area contributed by atoms with Crippen molar-refractivity contribution in [2.45, 2.75) is 58.2 Å². The highest BCUT2D eigenvalue weighted by Crippen LogP contribution is 2.41. The van der Waals surface area contributed by atoms with E-state index in [0.29, 0.717) is 33.7 Å². The fraction of sp³-hybridized carbons (Fsp3) is 0.375. The van der Waals surface area contributed by atoms with Gasteiger partial charge >= 0.3 is 5.97 Å². The van der Waals surface area contributed by atoms with Crippen LogP contribution in [0.5, 0.6) is 11.5 Å². The third kappa shape index (κ3) is 4.48. The van der Waals surface area contributed by atoms with Gasteiger partial charge in [0.1, 0.15) is 25.1 Å². The van der Waals surface area contributed by atoms with Crippen LogP contribution in [0.2, 0.25) is 16.6 Å². The van der Waals surface area contributed by atoms with E-state index in [4.69, 9.17) is 4.74 Å². The molecule has 148 valence electrons. The predicted octanol–water partition coefficient (Wildman–Crippen LogP) is 6.75. The van der Waals surface area contributed by atoms with Crippen LogP contribution in [0.4, 0.5) is 0 Å². The molecule has 0 saturated heterocycles. The maximum Gasteiger partial charge on any atom is 0.340 e. The lowest BCUT2D eigenvalue weighted by atomic mass is 10.1. The van der Waals surface area contributed by atoms with Crippen molar-refractivity contribution in [1.29, 1.82) is 0 Å². The molecule has 0 aliphatic carbocycles. The highest BCUT2D eigenvalue weighted by atomic mass is 28.3. The standard InChI is InChI=1S/C24H30O3Si/c1-17(2)28(18(3)4,19(5)6)16-15-20-11-10-14-22(23(20)24(25)26)27-21-12-8-7-9-13-21/h7-14,17-19H,1-6H3,(H,25,26). The second-order valence-electron chi connectivity index (χ2n) is 8.05. The van der Waals surface area contributed by atoms with Crippen LogP contribution in [-0.4, -0.2) is 19.1 Å². The maximum absolute atomic E-state index is 12.0. The summed E-state index contributed by atoms with van der Waals surface area (Å²) in [7, 11) is -1.95. The van der Waals surface area contributed by atoms with E-state index in [1.54, 1.807) is 30.3 Å². The molecule has 1 N–H and O–H groups in total. The van der Waals surface area contributed by atoms with Gasteiger partial charge in [-0.25, -0.2) is 4.79 Å². The second kappa shape index (κ2) is 9.12. The van der Waals surface area contributed by atoms with Gasteiger partial charge in [0.15, 0.2) is 0 Å². The summed E-state index contributed by atoms with van der Waals surface area (Å²) in [4.78, 5) is 12.0. The summed E-state index contributed by atoms with van der Waals surface area (Å²) in [6.07, 6.45) is 0. The molecule has 28 heavy (non-hydrogen) atoms. The van der Waals surface area contributed by atoms with E-state index in [2.05, 4.69) is 53.0 Å². The summed E-state index contributed by atoms with van der Waals surface area (Å²) in [5.74, 6) is 3.15. The van der Waals surface area contributed by atoms with Crippen LogP contribution >= 0.6 is 0 Å². The fourth-order valence-electron chi connectivity index (χ4n) is 4.17. The Bertz CT molecular complexity index is 852. The van der Waals surface area contributed by atoms with Crippen LogP contribution in [0.15, 0.2) is 48.5 Å². The molecular weight excluding hydrogens is 364 g/mol. The Balaban J connectivity index is 2.57. The van der Waals surface area contributed by atoms with E-state index in [9.17, 15) is 9.90 Å². The number of hydrogen-bond acceptors (Lipinski definition) is 2. The Morgan fingerprint density at radius 2 is 1.46 bits per heavy atom. The molecule has 0 aliphatic heterocycles. The molecule has 0 aliphatic rings. The first-order valence-electron chi connectivity index (χ1n) is 9.82. The fourth-order valence-corrected chi connectivity index (χ4v) is 9.38. The van der Waals surface area contributed by atoms with Crippen molar-refractivity contribution in [3.8, 4) is 23.0 Å². The summed E-state index contributed by atoms with van der Waals surface area (Å²) in [5, 5.41) is 9.85. The van der Waals surface area contributed by atoms with Crippen LogP contribution in [-0.2, 0) is 0 Å². The monoisotopic (exact) mass is 394 g/mol. The molecule has 2 aromatic carbocycles. The van der Waals surface area contributed by atoms with E-state index in [0.717, 1.165) is 0 Å². The number of rotatable bonds is 6. The van der Waals surface area contributed by atoms with Crippen LogP contribution in [0.3, 0.4) is 0 Å². The molecule has 0 aromatic heterocycles. The average molecular weight is 395 g/mol. The van der Waals surface area contributed by atoms with Crippen molar-refractivity contribution in [2.75, 3.05) is 0 Å². The minimum absolute atomic E-state index is 0.123. The number of aromatic carboxylic acids is 1. The van der Waals surface area contributed by atoms with E-state index >= 15 is 0 Å². The van der Waals surface area contributed by atoms with E-state index in [1.165, 1.54) is 0 Å². The maximum atomic E-state index is 12.0. The van der Waals surface area contributed by atoms with Gasteiger partial charge in [0, 0.05) is 5.56 Å². The predicted molar refractivity (Wildman–Crippen MR) is 118 cm³/mol. The summed E-state index contributed by atoms with van der Waals surface area (Å²) in [5.41, 5.74) is 5.69. The summed E-state index contributed by atoms with van der Waals surface area (Å²) >= 11 is 0. The Morgan fingerprint density at radius 1 is 0.893 bits per heavy atom. The quantitative estimate of drug-likeness (QED) is 0.435. The number of para-hydroxylation sites is 1. The van der Waals surface area contributed by atoms with Gasteiger partial charge in [0.05, 0.1) is 0 Å². The molecule has 0 radical (unpaired) electrons. The molecule has 2 aromatic rings. The highest BCUT2D eigenvalue weighted by molar-refractivity contribution is 6.90. The number of hydrogen-bond donors (Lipinski definition) is 1. The molecule has 0 fully saturated rings. The Kier molecular flexibility index (Phi) is 7.09. The second-order valence-corrected chi connectivity index (χ2v) is 13.6. The SMILES string of the molecule is CC(C)[Si](C#Cc1cccc(Oc2ccccc2)c1C(=O)O)(C(C)C)C(C)C. The van der Waals surface area contributed by atoms with Crippen LogP contribution < -0.4 is 4.74 Å². The van der Waals surface area contributed by atoms with Crippen molar-refractivity contribution in [3.63, 3.8) is 0 Å². The van der Waals surface area contributed by atoms with Crippen molar-refractivity contribution >= 4 is 14.0 Å². The molecule has 0 heterocycles. The molecule has 0 saturated carbocycles. The largest absolute Gasteiger partial charge is 0.478 e. The van der Waals surface area contributed by atoms with Gasteiger partial charge in [-0.2, -0.15) is 0 Å². The van der Waals surface area contributed by atoms with Gasteiger partial charge in [-0.15, -0.1) is 5.54 Å². The molecule has 0 bridgehead atoms. The van der Waals surface area contributed by atoms with Crippen LogP contribution in [0, 0.1) is 11.5 Å². The lowest BCUT2D eigenvalue weighted by molar-refractivity contribution is 0.0694. The van der Waals surface area contributed by atoms with Crippen molar-refractivity contribution in [3.05, 3.63) is 59.7 Å². The third-order valence-electron chi connectivity index (χ3n) is 5.49. The lowest BCUT2D eigenvalue weighted by Crippen LogP contribution is -2.43. The number of ether oxygens (including phenoxy) is 1. The minimum Gasteiger partial charge on any atom is -0.478 e. The molecular formula is C24H30O3Si. The number of carbonyl (C=O) groups is 1. The first-order chi connectivity index (χ1) is 13.2. The molecule has 0 unspecified atom stereocenters. The smallest absolute Gasteiger partial charge is 0.340 e. The zero-order valence-electron chi connectivity index (χ0n) is 17.6. The van der Waals surface area contributed by atoms with Gasteiger partial charge in [0.25, 0.3) is 0 Å². The van der Waals surface area contributed by atoms with Crippen LogP contribution in [0.1, 0.15) is 57.5 Å². The first kappa shape index (κ1) is 21.8. The zero-order chi connectivity index (χ0) is 20.9. The summed E-state index contributed by atoms with van der Waals surface area (Å²) in [6, 6.07) is 14.5. The topological polar surface area (TPSA) is 46.5 Å². The lowest BCUT2D eigenvalue weighted by Gasteiger charge is -2.38. The molecule has 2 rings (SSSR count). The molecule has 0 spiro atoms. The van der Waals surface area contributed by atoms with E-state index in [-0.39, 0.29) is 5.56 Å². The Morgan fingerprint density at radius 3 is 1.96 bits per heavy atom. The Labute approximate surface area is 169 Å². The normalized spacial score (nSPS) is 11.5. The average Bonchev–Trinajstić information content (AvgIpc) is 2.62. The van der Waals surface area contributed by atoms with Crippen molar-refractivity contribution in [1.82, 2.24) is 0 Å². The van der Waals surface area contributed by atoms with Gasteiger partial charge in [-0.3, -0.25) is 0 Å². The minimum atomic E-state index is -1.95. The third-order valence-corrected chi connectivity index (χ3v) is 11.8. The molecule has 3 nitrogen and oxygen atoms in total. The summed E-state index contributed by atoms with van der Waals surface area (Å²) in [6.45, 7) is 13.5.